The molecule has 6 N–H and O–H groups in total. The summed E-state index contributed by atoms with van der Waals surface area (Å²) >= 11 is 0. The Bertz CT molecular complexity index is 862. The van der Waals surface area contributed by atoms with Gasteiger partial charge >= 0.3 is 7.82 Å². The molecule has 0 fully saturated rings. The highest BCUT2D eigenvalue weighted by Gasteiger charge is 2.28. The van der Waals surface area contributed by atoms with Gasteiger partial charge in [0.1, 0.15) is 0 Å². The lowest BCUT2D eigenvalue weighted by Gasteiger charge is -2.25. The molecule has 0 aliphatic rings. The predicted molar refractivity (Wildman–Crippen MR) is 223 cm³/mol. The molecule has 0 spiro atoms. The number of carbonyl (C=O) groups is 1. The van der Waals surface area contributed by atoms with Crippen molar-refractivity contribution < 1.29 is 33.5 Å². The van der Waals surface area contributed by atoms with Gasteiger partial charge in [0.05, 0.1) is 37.9 Å². The third-order valence-electron chi connectivity index (χ3n) is 10.2. The number of allylic oxidation sites excluding steroid dienone is 2. The molecule has 0 aliphatic heterocycles. The summed E-state index contributed by atoms with van der Waals surface area (Å²) in [4.78, 5) is 22.8. The number of hydrogen-bond acceptors (Lipinski definition) is 7. The summed E-state index contributed by atoms with van der Waals surface area (Å²) in [6.07, 6.45) is 39.7. The average molecular weight is 775 g/mol. The van der Waals surface area contributed by atoms with Gasteiger partial charge in [0.2, 0.25) is 5.91 Å². The minimum absolute atomic E-state index is 0.0599. The third-order valence-corrected chi connectivity index (χ3v) is 11.2. The number of phosphoric ester groups is 1. The normalized spacial score (nSPS) is 14.8. The first kappa shape index (κ1) is 52.2. The Morgan fingerprint density at radius 1 is 0.623 bits per heavy atom. The van der Waals surface area contributed by atoms with Crippen molar-refractivity contribution in [1.29, 1.82) is 0 Å². The van der Waals surface area contributed by atoms with E-state index < -0.39 is 32.0 Å². The Kier molecular flexibility index (Phi) is 38.8. The zero-order chi connectivity index (χ0) is 39.1. The van der Waals surface area contributed by atoms with Crippen molar-refractivity contribution in [2.24, 2.45) is 5.73 Å². The van der Waals surface area contributed by atoms with E-state index in [9.17, 15) is 24.5 Å². The van der Waals surface area contributed by atoms with Gasteiger partial charge in [-0.25, -0.2) is 4.57 Å². The molecule has 0 rings (SSSR count). The number of nitrogens with two attached hydrogens (primary N) is 1. The second-order valence-corrected chi connectivity index (χ2v) is 16.9. The minimum Gasteiger partial charge on any atom is -0.393 e. The number of hydrogen-bond donors (Lipinski definition) is 5. The van der Waals surface area contributed by atoms with Crippen LogP contribution < -0.4 is 11.1 Å². The Labute approximate surface area is 327 Å². The number of unbranched alkanes of at least 4 members (excludes halogenated alkanes) is 26. The van der Waals surface area contributed by atoms with Crippen LogP contribution in [0.3, 0.4) is 0 Å². The van der Waals surface area contributed by atoms with Gasteiger partial charge in [0.15, 0.2) is 0 Å². The zero-order valence-electron chi connectivity index (χ0n) is 34.6. The number of amides is 1. The summed E-state index contributed by atoms with van der Waals surface area (Å²) in [7, 11) is -4.37. The average Bonchev–Trinajstić information content (AvgIpc) is 3.13. The SMILES string of the molecule is CCCCCCCCCCCC/C=C\CCCCCCCC(O)CC(=O)NC(COP(=O)(O)OCCN)C(O)CCCCCCCCCCCCCC. The molecule has 0 aromatic carbocycles. The van der Waals surface area contributed by atoms with Crippen LogP contribution in [0.5, 0.6) is 0 Å². The van der Waals surface area contributed by atoms with Crippen molar-refractivity contribution in [3.05, 3.63) is 12.2 Å². The summed E-state index contributed by atoms with van der Waals surface area (Å²) in [5.41, 5.74) is 5.36. The number of aliphatic hydroxyl groups is 2. The van der Waals surface area contributed by atoms with Gasteiger partial charge < -0.3 is 26.2 Å². The van der Waals surface area contributed by atoms with Gasteiger partial charge in [-0.1, -0.05) is 187 Å². The molecule has 0 aromatic rings. The molecular formula is C43H87N2O7P. The third kappa shape index (κ3) is 37.9. The van der Waals surface area contributed by atoms with Crippen molar-refractivity contribution in [2.75, 3.05) is 19.8 Å². The molecule has 0 bridgehead atoms. The molecule has 4 atom stereocenters. The molecule has 0 heterocycles. The highest BCUT2D eigenvalue weighted by molar-refractivity contribution is 7.47. The maximum Gasteiger partial charge on any atom is 0.472 e. The lowest BCUT2D eigenvalue weighted by Crippen LogP contribution is -2.47. The van der Waals surface area contributed by atoms with Gasteiger partial charge in [0, 0.05) is 6.54 Å². The van der Waals surface area contributed by atoms with Gasteiger partial charge in [-0.3, -0.25) is 13.8 Å². The van der Waals surface area contributed by atoms with E-state index in [0.717, 1.165) is 44.9 Å². The summed E-state index contributed by atoms with van der Waals surface area (Å²) in [6.45, 7) is 4.05. The molecule has 10 heteroatoms. The number of phosphoric acid groups is 1. The monoisotopic (exact) mass is 775 g/mol. The van der Waals surface area contributed by atoms with E-state index in [0.29, 0.717) is 12.8 Å². The van der Waals surface area contributed by atoms with Crippen LogP contribution in [-0.4, -0.2) is 59.0 Å². The molecule has 0 radical (unpaired) electrons. The summed E-state index contributed by atoms with van der Waals surface area (Å²) < 4.78 is 22.1. The van der Waals surface area contributed by atoms with E-state index in [2.05, 4.69) is 31.3 Å². The number of nitrogens with one attached hydrogen (secondary N) is 1. The van der Waals surface area contributed by atoms with Crippen LogP contribution in [-0.2, 0) is 18.4 Å². The fraction of sp³-hybridized carbons (Fsp3) is 0.930. The van der Waals surface area contributed by atoms with Gasteiger partial charge in [-0.2, -0.15) is 0 Å². The van der Waals surface area contributed by atoms with E-state index in [4.69, 9.17) is 14.8 Å². The minimum atomic E-state index is -4.37. The fourth-order valence-electron chi connectivity index (χ4n) is 6.76. The first-order chi connectivity index (χ1) is 25.8. The van der Waals surface area contributed by atoms with Crippen LogP contribution in [0.25, 0.3) is 0 Å². The van der Waals surface area contributed by atoms with Crippen molar-refractivity contribution in [3.8, 4) is 0 Å². The molecule has 53 heavy (non-hydrogen) atoms. The highest BCUT2D eigenvalue weighted by Crippen LogP contribution is 2.43. The fourth-order valence-corrected chi connectivity index (χ4v) is 7.52. The second-order valence-electron chi connectivity index (χ2n) is 15.5. The van der Waals surface area contributed by atoms with E-state index in [1.807, 2.05) is 0 Å². The van der Waals surface area contributed by atoms with Crippen LogP contribution in [0.1, 0.15) is 219 Å². The molecule has 9 nitrogen and oxygen atoms in total. The van der Waals surface area contributed by atoms with Crippen molar-refractivity contribution >= 4 is 13.7 Å². The molecule has 0 saturated carbocycles. The standard InChI is InChI=1S/C43H87N2O7P/c1-3-5-7-9-11-13-15-17-18-19-20-21-22-23-24-26-28-30-32-34-40(46)38-43(48)45-41(39-52-53(49,50)51-37-36-44)42(47)35-33-31-29-27-25-16-14-12-10-8-6-4-2/h21-22,40-42,46-47H,3-20,23-39,44H2,1-2H3,(H,45,48)(H,49,50)/b22-21-. The molecule has 316 valence electrons. The number of aliphatic hydroxyl groups excluding tert-OH is 2. The number of carbonyl (C=O) groups excluding carboxylic acids is 1. The van der Waals surface area contributed by atoms with Crippen LogP contribution in [0.15, 0.2) is 12.2 Å². The lowest BCUT2D eigenvalue weighted by atomic mass is 10.0. The Morgan fingerprint density at radius 2 is 1.02 bits per heavy atom. The summed E-state index contributed by atoms with van der Waals surface area (Å²) in [5.74, 6) is -0.417. The predicted octanol–water partition coefficient (Wildman–Crippen LogP) is 11.4. The lowest BCUT2D eigenvalue weighted by molar-refractivity contribution is -0.125. The Hall–Kier alpha value is -0.800. The van der Waals surface area contributed by atoms with Crippen molar-refractivity contribution in [3.63, 3.8) is 0 Å². The Morgan fingerprint density at radius 3 is 1.45 bits per heavy atom. The molecule has 4 unspecified atom stereocenters. The smallest absolute Gasteiger partial charge is 0.393 e. The molecule has 1 amide bonds. The van der Waals surface area contributed by atoms with E-state index >= 15 is 0 Å². The maximum absolute atomic E-state index is 12.8. The molecule has 0 aliphatic carbocycles. The van der Waals surface area contributed by atoms with E-state index in [1.165, 1.54) is 141 Å². The van der Waals surface area contributed by atoms with Gasteiger partial charge in [-0.15, -0.1) is 0 Å². The van der Waals surface area contributed by atoms with Crippen LogP contribution >= 0.6 is 7.82 Å². The zero-order valence-corrected chi connectivity index (χ0v) is 35.5. The molecule has 0 aromatic heterocycles. The van der Waals surface area contributed by atoms with Gasteiger partial charge in [-0.05, 0) is 38.5 Å². The van der Waals surface area contributed by atoms with Crippen LogP contribution in [0.2, 0.25) is 0 Å². The number of rotatable bonds is 42. The van der Waals surface area contributed by atoms with Crippen LogP contribution in [0.4, 0.5) is 0 Å². The molecular weight excluding hydrogens is 687 g/mol. The quantitative estimate of drug-likeness (QED) is 0.0233. The first-order valence-electron chi connectivity index (χ1n) is 22.4. The Balaban J connectivity index is 4.20. The second kappa shape index (κ2) is 39.4. The van der Waals surface area contributed by atoms with E-state index in [-0.39, 0.29) is 26.2 Å². The van der Waals surface area contributed by atoms with Gasteiger partial charge in [0.25, 0.3) is 0 Å². The van der Waals surface area contributed by atoms with Crippen molar-refractivity contribution in [2.45, 2.75) is 238 Å². The first-order valence-corrected chi connectivity index (χ1v) is 23.9. The highest BCUT2D eigenvalue weighted by atomic mass is 31.2. The van der Waals surface area contributed by atoms with Crippen molar-refractivity contribution in [1.82, 2.24) is 5.32 Å². The summed E-state index contributed by atoms with van der Waals surface area (Å²) in [6, 6.07) is -0.895. The van der Waals surface area contributed by atoms with E-state index in [1.54, 1.807) is 0 Å². The summed E-state index contributed by atoms with van der Waals surface area (Å²) in [5, 5.41) is 24.2. The largest absolute Gasteiger partial charge is 0.472 e. The molecule has 0 saturated heterocycles. The van der Waals surface area contributed by atoms with Crippen LogP contribution in [0, 0.1) is 0 Å². The topological polar surface area (TPSA) is 151 Å². The maximum atomic E-state index is 12.8.